The Bertz CT molecular complexity index is 2550. The molecule has 5 heterocycles. The van der Waals surface area contributed by atoms with E-state index in [1.165, 1.54) is 14.2 Å². The number of rotatable bonds is 11. The van der Waals surface area contributed by atoms with Crippen LogP contribution in [0.15, 0.2) is 48.8 Å². The summed E-state index contributed by atoms with van der Waals surface area (Å²) in [7, 11) is 2.61. The number of carbonyl (C=O) groups excluding carboxylic acids is 4. The molecule has 2 aromatic carbocycles. The Morgan fingerprint density at radius 3 is 1.71 bits per heavy atom. The Morgan fingerprint density at radius 1 is 0.726 bits per heavy atom. The zero-order chi connectivity index (χ0) is 43.7. The number of methoxy groups -OCH3 is 2. The topological polar surface area (TPSA) is 188 Å². The van der Waals surface area contributed by atoms with Crippen molar-refractivity contribution < 1.29 is 28.7 Å². The predicted molar refractivity (Wildman–Crippen MR) is 235 cm³/mol. The number of piperidine rings is 2. The molecule has 0 spiro atoms. The van der Waals surface area contributed by atoms with Crippen LogP contribution in [0.3, 0.4) is 0 Å². The number of alkyl carbamates (subject to hydrolysis) is 2. The van der Waals surface area contributed by atoms with E-state index in [-0.39, 0.29) is 23.7 Å². The van der Waals surface area contributed by atoms with E-state index in [0.717, 1.165) is 99.0 Å². The number of ether oxygens (including phenoxy) is 2. The van der Waals surface area contributed by atoms with Gasteiger partial charge < -0.3 is 39.9 Å². The summed E-state index contributed by atoms with van der Waals surface area (Å²) in [6.07, 6.45) is 7.80. The third-order valence-corrected chi connectivity index (χ3v) is 14.9. The molecule has 4 aliphatic rings. The van der Waals surface area contributed by atoms with Crippen LogP contribution in [0.1, 0.15) is 82.9 Å². The second-order valence-corrected chi connectivity index (χ2v) is 19.5. The Balaban J connectivity index is 0.965. The van der Waals surface area contributed by atoms with Crippen LogP contribution in [0.5, 0.6) is 0 Å². The molecule has 6 atom stereocenters. The average molecular weight is 862 g/mol. The first-order valence-corrected chi connectivity index (χ1v) is 22.5. The molecule has 16 heteroatoms. The van der Waals surface area contributed by atoms with Crippen LogP contribution in [0.4, 0.5) is 9.59 Å². The lowest BCUT2D eigenvalue weighted by Crippen LogP contribution is -2.56. The molecule has 15 nitrogen and oxygen atoms in total. The lowest BCUT2D eigenvalue weighted by molar-refractivity contribution is -0.141. The number of imidazole rings is 2. The van der Waals surface area contributed by atoms with Gasteiger partial charge in [-0.2, -0.15) is 0 Å². The first kappa shape index (κ1) is 41.6. The largest absolute Gasteiger partial charge is 0.453 e. The Kier molecular flexibility index (Phi) is 10.6. The van der Waals surface area contributed by atoms with E-state index in [1.54, 1.807) is 11.3 Å². The molecule has 2 saturated heterocycles. The van der Waals surface area contributed by atoms with Crippen molar-refractivity contribution in [1.29, 1.82) is 0 Å². The summed E-state index contributed by atoms with van der Waals surface area (Å²) in [6, 6.07) is 11.2. The lowest BCUT2D eigenvalue weighted by Gasteiger charge is -2.40. The lowest BCUT2D eigenvalue weighted by atomic mass is 9.93. The van der Waals surface area contributed by atoms with Crippen molar-refractivity contribution in [1.82, 2.24) is 45.4 Å². The van der Waals surface area contributed by atoms with E-state index < -0.39 is 35.3 Å². The zero-order valence-corrected chi connectivity index (χ0v) is 37.2. The van der Waals surface area contributed by atoms with E-state index in [4.69, 9.17) is 24.4 Å². The number of carbonyl (C=O) groups is 4. The van der Waals surface area contributed by atoms with Gasteiger partial charge in [-0.05, 0) is 80.2 Å². The second kappa shape index (κ2) is 15.9. The molecule has 1 unspecified atom stereocenters. The Labute approximate surface area is 364 Å². The van der Waals surface area contributed by atoms with Crippen molar-refractivity contribution >= 4 is 45.6 Å². The predicted octanol–water partition coefficient (Wildman–Crippen LogP) is 7.49. The highest BCUT2D eigenvalue weighted by molar-refractivity contribution is 7.19. The van der Waals surface area contributed by atoms with Crippen LogP contribution >= 0.6 is 11.3 Å². The standard InChI is InChI=1S/C46H55N9O6S/c1-24(2)35(52-43(58)60-6)39(56)54-22-27-14-16-45(54,18-27)41-47-20-33(50-41)30-10-8-29(9-11-30)31-12-13-32(38-37(31)49-26(5)62-38)34-21-48-42(51-34)46-17-15-28(19-46)23-55(46)40(57)36(25(3)4)53-44(59)61-7/h8-13,20-21,24-25,27-28,35-36H,14-19,22-23H2,1-7H3,(H,47,50)(H,48,51)(H,52,58)(H,53,59)/t27-,28-,35-,36-,45?,46+/m0/s1. The highest BCUT2D eigenvalue weighted by Crippen LogP contribution is 2.54. The number of nitrogens with zero attached hydrogens (tertiary/aromatic N) is 5. The van der Waals surface area contributed by atoms with Crippen molar-refractivity contribution in [3.63, 3.8) is 0 Å². The maximum Gasteiger partial charge on any atom is 0.407 e. The molecule has 2 aliphatic heterocycles. The van der Waals surface area contributed by atoms with Gasteiger partial charge in [-0.3, -0.25) is 9.59 Å². The normalized spacial score (nSPS) is 23.7. The molecule has 2 saturated carbocycles. The maximum atomic E-state index is 14.1. The van der Waals surface area contributed by atoms with E-state index in [2.05, 4.69) is 57.0 Å². The van der Waals surface area contributed by atoms with Gasteiger partial charge in [-0.1, -0.05) is 64.1 Å². The van der Waals surface area contributed by atoms with Gasteiger partial charge in [0, 0.05) is 24.2 Å². The van der Waals surface area contributed by atoms with E-state index >= 15 is 0 Å². The van der Waals surface area contributed by atoms with Crippen molar-refractivity contribution in [2.45, 2.75) is 96.3 Å². The van der Waals surface area contributed by atoms with Crippen LogP contribution in [0, 0.1) is 30.6 Å². The summed E-state index contributed by atoms with van der Waals surface area (Å²) in [5.41, 5.74) is 5.54. The van der Waals surface area contributed by atoms with Gasteiger partial charge in [0.25, 0.3) is 0 Å². The molecule has 3 aromatic heterocycles. The molecule has 0 radical (unpaired) electrons. The van der Waals surface area contributed by atoms with E-state index in [0.29, 0.717) is 24.9 Å². The van der Waals surface area contributed by atoms with Crippen LogP contribution < -0.4 is 10.6 Å². The Hall–Kier alpha value is -5.77. The fraction of sp³-hybridized carbons (Fsp3) is 0.500. The summed E-state index contributed by atoms with van der Waals surface area (Å²) in [4.78, 5) is 78.5. The summed E-state index contributed by atoms with van der Waals surface area (Å²) >= 11 is 1.64. The van der Waals surface area contributed by atoms with Crippen LogP contribution in [-0.2, 0) is 30.1 Å². The van der Waals surface area contributed by atoms with Gasteiger partial charge in [0.15, 0.2) is 0 Å². The third kappa shape index (κ3) is 6.90. The number of thiazole rings is 1. The smallest absolute Gasteiger partial charge is 0.407 e. The minimum Gasteiger partial charge on any atom is -0.453 e. The number of nitrogens with one attached hydrogen (secondary N) is 4. The summed E-state index contributed by atoms with van der Waals surface area (Å²) in [5.74, 6) is 1.85. The van der Waals surface area contributed by atoms with E-state index in [9.17, 15) is 19.2 Å². The number of aromatic amines is 2. The second-order valence-electron chi connectivity index (χ2n) is 18.3. The van der Waals surface area contributed by atoms with Crippen LogP contribution in [0.25, 0.3) is 43.9 Å². The monoisotopic (exact) mass is 861 g/mol. The highest BCUT2D eigenvalue weighted by atomic mass is 32.1. The van der Waals surface area contributed by atoms with Crippen molar-refractivity contribution in [3.05, 3.63) is 65.4 Å². The summed E-state index contributed by atoms with van der Waals surface area (Å²) in [6.45, 7) is 11.0. The number of hydrogen-bond acceptors (Lipinski definition) is 10. The third-order valence-electron chi connectivity index (χ3n) is 13.9. The summed E-state index contributed by atoms with van der Waals surface area (Å²) < 4.78 is 10.7. The molecule has 9 rings (SSSR count). The summed E-state index contributed by atoms with van der Waals surface area (Å²) in [5, 5.41) is 6.48. The molecule has 4 fully saturated rings. The fourth-order valence-corrected chi connectivity index (χ4v) is 11.7. The van der Waals surface area contributed by atoms with Gasteiger partial charge >= 0.3 is 12.2 Å². The van der Waals surface area contributed by atoms with Crippen LogP contribution in [-0.4, -0.2) is 98.1 Å². The molecule has 4 bridgehead atoms. The fourth-order valence-electron chi connectivity index (χ4n) is 10.7. The maximum absolute atomic E-state index is 14.1. The van der Waals surface area contributed by atoms with Gasteiger partial charge in [0.1, 0.15) is 34.8 Å². The van der Waals surface area contributed by atoms with E-state index in [1.807, 2.05) is 56.8 Å². The molecule has 2 aliphatic carbocycles. The van der Waals surface area contributed by atoms with Crippen molar-refractivity contribution in [2.75, 3.05) is 27.3 Å². The number of aromatic nitrogens is 5. The average Bonchev–Trinajstić information content (AvgIpc) is 4.13. The molecular formula is C46H55N9O6S. The number of amides is 4. The van der Waals surface area contributed by atoms with Gasteiger partial charge in [-0.25, -0.2) is 24.5 Å². The number of hydrogen-bond donors (Lipinski definition) is 4. The molecule has 62 heavy (non-hydrogen) atoms. The zero-order valence-electron chi connectivity index (χ0n) is 36.3. The highest BCUT2D eigenvalue weighted by Gasteiger charge is 2.58. The minimum absolute atomic E-state index is 0.109. The van der Waals surface area contributed by atoms with Crippen molar-refractivity contribution in [2.24, 2.45) is 23.7 Å². The first-order valence-electron chi connectivity index (χ1n) is 21.7. The SMILES string of the molecule is COC(=O)N[C@H](C(=O)N1C[C@H]2CCC1(c1ncc(-c3ccc(-c4ccc(-c5cnc([C@]67CC[C@H](CN6C(=O)[C@@H](NC(=O)OC)C(C)C)C7)[nH]5)c5sc(C)nc45)cc3)[nH]1)C2)C(C)C. The molecule has 5 aromatic rings. The molecular weight excluding hydrogens is 807 g/mol. The van der Waals surface area contributed by atoms with Gasteiger partial charge in [-0.15, -0.1) is 11.3 Å². The quantitative estimate of drug-likeness (QED) is 0.104. The van der Waals surface area contributed by atoms with Crippen molar-refractivity contribution in [3.8, 4) is 33.6 Å². The minimum atomic E-state index is -0.705. The number of aryl methyl sites for hydroxylation is 1. The first-order chi connectivity index (χ1) is 29.7. The Morgan fingerprint density at radius 2 is 1.21 bits per heavy atom. The number of H-pyrrole nitrogens is 2. The number of fused-ring (bicyclic) bond motifs is 5. The van der Waals surface area contributed by atoms with Gasteiger partial charge in [0.05, 0.1) is 53.2 Å². The molecule has 326 valence electrons. The number of likely N-dealkylation sites (tertiary alicyclic amines) is 2. The van der Waals surface area contributed by atoms with Crippen LogP contribution in [0.2, 0.25) is 0 Å². The molecule has 4 N–H and O–H groups in total. The van der Waals surface area contributed by atoms with Gasteiger partial charge in [0.2, 0.25) is 11.8 Å². The number of benzene rings is 2. The molecule has 4 amide bonds.